The predicted octanol–water partition coefficient (Wildman–Crippen LogP) is 2.84. The van der Waals surface area contributed by atoms with Crippen molar-refractivity contribution in [1.82, 2.24) is 15.1 Å². The van der Waals surface area contributed by atoms with Crippen LogP contribution in [0.3, 0.4) is 0 Å². The zero-order valence-corrected chi connectivity index (χ0v) is 11.5. The molecule has 0 radical (unpaired) electrons. The van der Waals surface area contributed by atoms with Gasteiger partial charge in [-0.3, -0.25) is 4.68 Å². The summed E-state index contributed by atoms with van der Waals surface area (Å²) in [7, 11) is 0. The molecule has 0 atom stereocenters. The van der Waals surface area contributed by atoms with Gasteiger partial charge < -0.3 is 5.32 Å². The van der Waals surface area contributed by atoms with Gasteiger partial charge in [-0.25, -0.2) is 0 Å². The maximum atomic E-state index is 4.66. The average molecular weight is 253 g/mol. The van der Waals surface area contributed by atoms with Gasteiger partial charge >= 0.3 is 0 Å². The van der Waals surface area contributed by atoms with Crippen LogP contribution in [0.1, 0.15) is 43.8 Å². The molecule has 0 spiro atoms. The van der Waals surface area contributed by atoms with Gasteiger partial charge in [-0.2, -0.15) is 16.9 Å². The molecular formula is C13H23N3S. The Bertz CT molecular complexity index is 318. The number of rotatable bonds is 7. The largest absolute Gasteiger partial charge is 0.311 e. The fourth-order valence-corrected chi connectivity index (χ4v) is 2.83. The van der Waals surface area contributed by atoms with Gasteiger partial charge in [-0.15, -0.1) is 0 Å². The molecule has 3 nitrogen and oxygen atoms in total. The van der Waals surface area contributed by atoms with E-state index < -0.39 is 0 Å². The van der Waals surface area contributed by atoms with Crippen LogP contribution in [-0.4, -0.2) is 28.3 Å². The minimum absolute atomic E-state index is 0.667. The minimum Gasteiger partial charge on any atom is -0.311 e. The Kier molecular flexibility index (Phi) is 5.39. The highest BCUT2D eigenvalue weighted by Gasteiger charge is 2.17. The summed E-state index contributed by atoms with van der Waals surface area (Å²) in [5.41, 5.74) is 1.18. The molecule has 96 valence electrons. The molecule has 1 N–H and O–H groups in total. The van der Waals surface area contributed by atoms with Gasteiger partial charge in [0.15, 0.2) is 0 Å². The van der Waals surface area contributed by atoms with Crippen molar-refractivity contribution in [2.45, 2.75) is 44.7 Å². The van der Waals surface area contributed by atoms with Gasteiger partial charge in [0.25, 0.3) is 0 Å². The zero-order chi connectivity index (χ0) is 11.9. The topological polar surface area (TPSA) is 29.9 Å². The van der Waals surface area contributed by atoms with E-state index in [0.29, 0.717) is 6.04 Å². The van der Waals surface area contributed by atoms with E-state index in [2.05, 4.69) is 33.6 Å². The van der Waals surface area contributed by atoms with E-state index >= 15 is 0 Å². The van der Waals surface area contributed by atoms with Crippen LogP contribution < -0.4 is 5.32 Å². The Morgan fingerprint density at radius 2 is 2.29 bits per heavy atom. The molecule has 0 unspecified atom stereocenters. The lowest BCUT2D eigenvalue weighted by Gasteiger charge is -2.08. The molecule has 1 aromatic rings. The van der Waals surface area contributed by atoms with Gasteiger partial charge in [0.05, 0.1) is 11.7 Å². The lowest BCUT2D eigenvalue weighted by molar-refractivity contribution is 0.461. The molecule has 0 aliphatic heterocycles. The van der Waals surface area contributed by atoms with E-state index in [4.69, 9.17) is 0 Å². The summed E-state index contributed by atoms with van der Waals surface area (Å²) in [5, 5.41) is 8.11. The van der Waals surface area contributed by atoms with Crippen molar-refractivity contribution in [3.63, 3.8) is 0 Å². The van der Waals surface area contributed by atoms with Crippen molar-refractivity contribution < 1.29 is 0 Å². The number of thioether (sulfide) groups is 1. The van der Waals surface area contributed by atoms with Crippen molar-refractivity contribution in [3.05, 3.63) is 18.0 Å². The Labute approximate surface area is 108 Å². The van der Waals surface area contributed by atoms with Crippen LogP contribution in [-0.2, 0) is 6.54 Å². The number of nitrogens with zero attached hydrogens (tertiary/aromatic N) is 2. The summed E-state index contributed by atoms with van der Waals surface area (Å²) in [6, 6.07) is 2.82. The molecular weight excluding hydrogens is 230 g/mol. The van der Waals surface area contributed by atoms with Gasteiger partial charge in [0.1, 0.15) is 0 Å². The first-order chi connectivity index (χ1) is 8.40. The fourth-order valence-electron chi connectivity index (χ4n) is 2.40. The van der Waals surface area contributed by atoms with Gasteiger partial charge in [0.2, 0.25) is 0 Å². The third-order valence-electron chi connectivity index (χ3n) is 3.37. The molecule has 0 saturated heterocycles. The van der Waals surface area contributed by atoms with Crippen LogP contribution in [0.25, 0.3) is 0 Å². The SMILES string of the molecule is CSCCCNCc1ccn(C2CCCC2)n1. The quantitative estimate of drug-likeness (QED) is 0.758. The molecule has 0 aromatic carbocycles. The van der Waals surface area contributed by atoms with Gasteiger partial charge in [0, 0.05) is 12.7 Å². The van der Waals surface area contributed by atoms with E-state index in [9.17, 15) is 0 Å². The summed E-state index contributed by atoms with van der Waals surface area (Å²) in [4.78, 5) is 0. The van der Waals surface area contributed by atoms with E-state index in [0.717, 1.165) is 13.1 Å². The minimum atomic E-state index is 0.667. The van der Waals surface area contributed by atoms with Crippen LogP contribution in [0.4, 0.5) is 0 Å². The second-order valence-corrected chi connectivity index (χ2v) is 5.73. The number of hydrogen-bond donors (Lipinski definition) is 1. The van der Waals surface area contributed by atoms with E-state index in [1.807, 2.05) is 11.8 Å². The Hall–Kier alpha value is -0.480. The monoisotopic (exact) mass is 253 g/mol. The molecule has 1 aliphatic rings. The smallest absolute Gasteiger partial charge is 0.0762 e. The molecule has 2 rings (SSSR count). The molecule has 4 heteroatoms. The summed E-state index contributed by atoms with van der Waals surface area (Å²) in [6.45, 7) is 2.01. The van der Waals surface area contributed by atoms with E-state index in [-0.39, 0.29) is 0 Å². The number of hydrogen-bond acceptors (Lipinski definition) is 3. The second-order valence-electron chi connectivity index (χ2n) is 4.75. The van der Waals surface area contributed by atoms with Crippen molar-refractivity contribution >= 4 is 11.8 Å². The Morgan fingerprint density at radius 3 is 3.06 bits per heavy atom. The van der Waals surface area contributed by atoms with Crippen LogP contribution in [0.5, 0.6) is 0 Å². The summed E-state index contributed by atoms with van der Waals surface area (Å²) >= 11 is 1.91. The van der Waals surface area contributed by atoms with Gasteiger partial charge in [-0.1, -0.05) is 12.8 Å². The number of nitrogens with one attached hydrogen (secondary N) is 1. The molecule has 0 amide bonds. The third kappa shape index (κ3) is 4.03. The average Bonchev–Trinajstić information content (AvgIpc) is 2.99. The predicted molar refractivity (Wildman–Crippen MR) is 74.4 cm³/mol. The summed E-state index contributed by atoms with van der Waals surface area (Å²) < 4.78 is 2.17. The van der Waals surface area contributed by atoms with Crippen molar-refractivity contribution in [3.8, 4) is 0 Å². The highest BCUT2D eigenvalue weighted by Crippen LogP contribution is 2.28. The summed E-state index contributed by atoms with van der Waals surface area (Å²) in [6.07, 6.45) is 10.9. The van der Waals surface area contributed by atoms with Gasteiger partial charge in [-0.05, 0) is 43.9 Å². The molecule has 17 heavy (non-hydrogen) atoms. The normalized spacial score (nSPS) is 16.8. The van der Waals surface area contributed by atoms with Crippen LogP contribution in [0.15, 0.2) is 12.3 Å². The van der Waals surface area contributed by atoms with E-state index in [1.54, 1.807) is 0 Å². The molecule has 0 bridgehead atoms. The number of aromatic nitrogens is 2. The molecule has 1 fully saturated rings. The lowest BCUT2D eigenvalue weighted by atomic mass is 10.3. The maximum absolute atomic E-state index is 4.66. The van der Waals surface area contributed by atoms with Crippen molar-refractivity contribution in [1.29, 1.82) is 0 Å². The zero-order valence-electron chi connectivity index (χ0n) is 10.7. The first-order valence-electron chi connectivity index (χ1n) is 6.64. The summed E-state index contributed by atoms with van der Waals surface area (Å²) in [5.74, 6) is 1.24. The molecule has 1 aromatic heterocycles. The first-order valence-corrected chi connectivity index (χ1v) is 8.03. The molecule has 1 heterocycles. The maximum Gasteiger partial charge on any atom is 0.0762 e. The lowest BCUT2D eigenvalue weighted by Crippen LogP contribution is -2.16. The fraction of sp³-hybridized carbons (Fsp3) is 0.769. The third-order valence-corrected chi connectivity index (χ3v) is 4.07. The van der Waals surface area contributed by atoms with Crippen LogP contribution >= 0.6 is 11.8 Å². The van der Waals surface area contributed by atoms with Crippen LogP contribution in [0, 0.1) is 0 Å². The van der Waals surface area contributed by atoms with Crippen molar-refractivity contribution in [2.24, 2.45) is 0 Å². The first kappa shape index (κ1) is 13.0. The molecule has 1 aliphatic carbocycles. The highest BCUT2D eigenvalue weighted by atomic mass is 32.2. The Morgan fingerprint density at radius 1 is 1.47 bits per heavy atom. The van der Waals surface area contributed by atoms with Crippen LogP contribution in [0.2, 0.25) is 0 Å². The standard InChI is InChI=1S/C13H23N3S/c1-17-10-4-8-14-11-12-7-9-16(15-12)13-5-2-3-6-13/h7,9,13-14H,2-6,8,10-11H2,1H3. The Balaban J connectivity index is 1.70. The van der Waals surface area contributed by atoms with E-state index in [1.165, 1.54) is 43.6 Å². The highest BCUT2D eigenvalue weighted by molar-refractivity contribution is 7.98. The second kappa shape index (κ2) is 7.07. The molecule has 1 saturated carbocycles. The van der Waals surface area contributed by atoms with Crippen molar-refractivity contribution in [2.75, 3.05) is 18.6 Å².